The first-order chi connectivity index (χ1) is 19.0. The van der Waals surface area contributed by atoms with E-state index in [1.165, 1.54) is 47.0 Å². The van der Waals surface area contributed by atoms with Crippen molar-refractivity contribution in [2.75, 3.05) is 10.5 Å². The molecule has 6 rings (SSSR count). The molecule has 1 saturated carbocycles. The summed E-state index contributed by atoms with van der Waals surface area (Å²) in [4.78, 5) is 17.8. The number of aromatic nitrogens is 1. The number of pyridine rings is 1. The monoisotopic (exact) mass is 581 g/mol. The van der Waals surface area contributed by atoms with Gasteiger partial charge < -0.3 is 9.67 Å². The average molecular weight is 582 g/mol. The highest BCUT2D eigenvalue weighted by Gasteiger charge is 2.32. The van der Waals surface area contributed by atoms with Gasteiger partial charge in [-0.3, -0.25) is 14.5 Å². The SMILES string of the molecule is O=c1c(C2=Nc3ccc(NS(=O)(=O)c4ccccc4)cc3S(=O)(=O)C2)c(O)c2cc(F)ccc2n1CCC1CC1. The summed E-state index contributed by atoms with van der Waals surface area (Å²) < 4.78 is 70.2. The Morgan fingerprint density at radius 1 is 1.05 bits per heavy atom. The Bertz CT molecular complexity index is 1980. The first-order valence-corrected chi connectivity index (χ1v) is 15.7. The number of aryl methyl sites for hydroxylation is 1. The van der Waals surface area contributed by atoms with Crippen LogP contribution in [0, 0.1) is 11.7 Å². The lowest BCUT2D eigenvalue weighted by molar-refractivity contribution is 0.476. The molecule has 40 heavy (non-hydrogen) atoms. The number of benzene rings is 3. The summed E-state index contributed by atoms with van der Waals surface area (Å²) in [6.45, 7) is 0.334. The first kappa shape index (κ1) is 26.2. The molecular weight excluding hydrogens is 557 g/mol. The standard InChI is InChI=1S/C28H24FN3O6S2/c29-18-8-11-24-21(14-18)27(33)26(28(34)32(24)13-12-17-6-7-17)23-16-39(35,36)25-15-19(9-10-22(25)30-23)31-40(37,38)20-4-2-1-3-5-20/h1-5,8-11,14-15,17,31,33H,6-7,12-13,16H2. The third kappa shape index (κ3) is 4.77. The van der Waals surface area contributed by atoms with E-state index >= 15 is 0 Å². The molecule has 1 aromatic heterocycles. The molecule has 1 aliphatic heterocycles. The van der Waals surface area contributed by atoms with E-state index in [1.807, 2.05) is 0 Å². The van der Waals surface area contributed by atoms with Gasteiger partial charge >= 0.3 is 0 Å². The fraction of sp³-hybridized carbons (Fsp3) is 0.214. The summed E-state index contributed by atoms with van der Waals surface area (Å²) in [6, 6.07) is 15.2. The fourth-order valence-corrected chi connectivity index (χ4v) is 7.44. The van der Waals surface area contributed by atoms with E-state index in [0.29, 0.717) is 18.0 Å². The molecule has 3 aromatic carbocycles. The van der Waals surface area contributed by atoms with Gasteiger partial charge in [0, 0.05) is 11.9 Å². The minimum Gasteiger partial charge on any atom is -0.506 e. The second kappa shape index (κ2) is 9.56. The zero-order chi connectivity index (χ0) is 28.2. The van der Waals surface area contributed by atoms with Gasteiger partial charge in [0.2, 0.25) is 0 Å². The average Bonchev–Trinajstić information content (AvgIpc) is 3.74. The van der Waals surface area contributed by atoms with Gasteiger partial charge in [0.05, 0.1) is 38.1 Å². The Kier molecular flexibility index (Phi) is 6.26. The second-order valence-corrected chi connectivity index (χ2v) is 13.6. The fourth-order valence-electron chi connectivity index (χ4n) is 4.91. The zero-order valence-corrected chi connectivity index (χ0v) is 22.7. The normalized spacial score (nSPS) is 16.4. The van der Waals surface area contributed by atoms with Gasteiger partial charge in [-0.1, -0.05) is 31.0 Å². The second-order valence-electron chi connectivity index (χ2n) is 9.99. The Morgan fingerprint density at radius 3 is 2.52 bits per heavy atom. The molecule has 12 heteroatoms. The quantitative estimate of drug-likeness (QED) is 0.333. The molecular formula is C28H24FN3O6S2. The van der Waals surface area contributed by atoms with Gasteiger partial charge in [-0.2, -0.15) is 0 Å². The van der Waals surface area contributed by atoms with Crippen LogP contribution in [0.3, 0.4) is 0 Å². The number of sulfone groups is 1. The van der Waals surface area contributed by atoms with Crippen molar-refractivity contribution in [3.05, 3.63) is 88.5 Å². The van der Waals surface area contributed by atoms with Gasteiger partial charge in [-0.25, -0.2) is 21.2 Å². The van der Waals surface area contributed by atoms with Crippen molar-refractivity contribution < 1.29 is 26.3 Å². The van der Waals surface area contributed by atoms with E-state index in [0.717, 1.165) is 25.3 Å². The number of aliphatic imine (C=N–C) groups is 1. The highest BCUT2D eigenvalue weighted by Crippen LogP contribution is 2.37. The number of halogens is 1. The zero-order valence-electron chi connectivity index (χ0n) is 21.0. The largest absolute Gasteiger partial charge is 0.506 e. The Hall–Kier alpha value is -4.03. The summed E-state index contributed by atoms with van der Waals surface area (Å²) >= 11 is 0. The summed E-state index contributed by atoms with van der Waals surface area (Å²) in [6.07, 6.45) is 2.86. The Morgan fingerprint density at radius 2 is 1.80 bits per heavy atom. The number of hydrogen-bond donors (Lipinski definition) is 2. The van der Waals surface area contributed by atoms with Crippen molar-refractivity contribution in [3.63, 3.8) is 0 Å². The maximum absolute atomic E-state index is 14.2. The maximum atomic E-state index is 14.2. The number of nitrogens with zero attached hydrogens (tertiary/aromatic N) is 2. The van der Waals surface area contributed by atoms with Crippen molar-refractivity contribution in [2.45, 2.75) is 35.6 Å². The van der Waals surface area contributed by atoms with Gasteiger partial charge in [-0.05, 0) is 60.9 Å². The predicted molar refractivity (Wildman–Crippen MR) is 149 cm³/mol. The van der Waals surface area contributed by atoms with E-state index in [2.05, 4.69) is 9.71 Å². The summed E-state index contributed by atoms with van der Waals surface area (Å²) in [5.41, 5.74) is -0.705. The molecule has 0 atom stereocenters. The van der Waals surface area contributed by atoms with Crippen LogP contribution in [0.4, 0.5) is 15.8 Å². The number of hydrogen-bond acceptors (Lipinski definition) is 7. The molecule has 2 aliphatic rings. The van der Waals surface area contributed by atoms with Crippen molar-refractivity contribution >= 4 is 47.8 Å². The van der Waals surface area contributed by atoms with Crippen molar-refractivity contribution in [1.82, 2.24) is 4.57 Å². The van der Waals surface area contributed by atoms with Crippen LogP contribution in [0.15, 0.2) is 86.3 Å². The molecule has 1 aliphatic carbocycles. The molecule has 9 nitrogen and oxygen atoms in total. The number of anilines is 1. The van der Waals surface area contributed by atoms with Crippen LogP contribution >= 0.6 is 0 Å². The van der Waals surface area contributed by atoms with Gasteiger partial charge in [0.1, 0.15) is 17.1 Å². The van der Waals surface area contributed by atoms with Crippen LogP contribution in [-0.4, -0.2) is 38.0 Å². The predicted octanol–water partition coefficient (Wildman–Crippen LogP) is 4.36. The first-order valence-electron chi connectivity index (χ1n) is 12.6. The molecule has 4 aromatic rings. The summed E-state index contributed by atoms with van der Waals surface area (Å²) in [5, 5.41) is 11.2. The number of rotatable bonds is 7. The van der Waals surface area contributed by atoms with E-state index in [4.69, 9.17) is 0 Å². The smallest absolute Gasteiger partial charge is 0.263 e. The van der Waals surface area contributed by atoms with Crippen molar-refractivity contribution in [2.24, 2.45) is 10.9 Å². The minimum absolute atomic E-state index is 0.00780. The molecule has 206 valence electrons. The molecule has 0 radical (unpaired) electrons. The molecule has 0 saturated heterocycles. The van der Waals surface area contributed by atoms with Crippen LogP contribution in [0.1, 0.15) is 24.8 Å². The third-order valence-electron chi connectivity index (χ3n) is 7.13. The van der Waals surface area contributed by atoms with Gasteiger partial charge in [0.25, 0.3) is 15.6 Å². The maximum Gasteiger partial charge on any atom is 0.263 e. The number of aromatic hydroxyl groups is 1. The molecule has 1 fully saturated rings. The number of fused-ring (bicyclic) bond motifs is 2. The Labute approximate surface area is 229 Å². The van der Waals surface area contributed by atoms with Crippen LogP contribution in [0.5, 0.6) is 5.75 Å². The van der Waals surface area contributed by atoms with Crippen molar-refractivity contribution in [3.8, 4) is 5.75 Å². The highest BCUT2D eigenvalue weighted by atomic mass is 32.2. The molecule has 2 heterocycles. The van der Waals surface area contributed by atoms with Crippen LogP contribution in [0.25, 0.3) is 10.9 Å². The highest BCUT2D eigenvalue weighted by molar-refractivity contribution is 7.93. The summed E-state index contributed by atoms with van der Waals surface area (Å²) in [7, 11) is -8.07. The minimum atomic E-state index is -4.10. The topological polar surface area (TPSA) is 135 Å². The van der Waals surface area contributed by atoms with E-state index in [9.17, 15) is 31.1 Å². The van der Waals surface area contributed by atoms with E-state index in [-0.39, 0.29) is 37.8 Å². The lowest BCUT2D eigenvalue weighted by Crippen LogP contribution is -2.31. The summed E-state index contributed by atoms with van der Waals surface area (Å²) in [5.74, 6) is -1.37. The van der Waals surface area contributed by atoms with Crippen LogP contribution in [-0.2, 0) is 26.4 Å². The molecule has 0 bridgehead atoms. The van der Waals surface area contributed by atoms with Crippen LogP contribution < -0.4 is 10.3 Å². The third-order valence-corrected chi connectivity index (χ3v) is 10.2. The van der Waals surface area contributed by atoms with E-state index < -0.39 is 42.7 Å². The van der Waals surface area contributed by atoms with Gasteiger partial charge in [-0.15, -0.1) is 0 Å². The van der Waals surface area contributed by atoms with Crippen molar-refractivity contribution in [1.29, 1.82) is 0 Å². The van der Waals surface area contributed by atoms with Crippen LogP contribution in [0.2, 0.25) is 0 Å². The lowest BCUT2D eigenvalue weighted by atomic mass is 10.1. The number of nitrogens with one attached hydrogen (secondary N) is 1. The molecule has 0 spiro atoms. The Balaban J connectivity index is 1.45. The number of sulfonamides is 1. The molecule has 0 unspecified atom stereocenters. The molecule has 2 N–H and O–H groups in total. The van der Waals surface area contributed by atoms with E-state index in [1.54, 1.807) is 18.2 Å². The molecule has 0 amide bonds. The van der Waals surface area contributed by atoms with Gasteiger partial charge in [0.15, 0.2) is 9.84 Å². The lowest BCUT2D eigenvalue weighted by Gasteiger charge is -2.20.